The number of benzene rings is 2. The molecule has 8 heteroatoms. The normalized spacial score (nSPS) is 31.7. The van der Waals surface area contributed by atoms with Gasteiger partial charge in [0.25, 0.3) is 0 Å². The number of aliphatic hydroxyl groups excluding tert-OH is 1. The molecule has 8 nitrogen and oxygen atoms in total. The Morgan fingerprint density at radius 1 is 0.949 bits per heavy atom. The third-order valence-electron chi connectivity index (χ3n) is 9.27. The maximum atomic E-state index is 14.3. The molecule has 4 aliphatic rings. The number of likely N-dealkylation sites (tertiary alicyclic amines) is 1. The number of rotatable bonds is 6. The molecular weight excluding hydrogens is 496 g/mol. The SMILES string of the molecule is CCN1C(=O)[C@H]2[C@H](CC=C3[C@H]2C[C@H]2C(=O)N(c4ccccc4)C(=O)[C@@]2(C)[C@H]3c2ccc(OCCO)cc2)C1=O. The number of anilines is 1. The highest BCUT2D eigenvalue weighted by Crippen LogP contribution is 2.63. The molecule has 0 aromatic heterocycles. The van der Waals surface area contributed by atoms with Crippen LogP contribution in [0.25, 0.3) is 0 Å². The molecule has 2 aromatic carbocycles. The molecule has 2 aliphatic carbocycles. The van der Waals surface area contributed by atoms with Crippen LogP contribution in [-0.2, 0) is 19.2 Å². The molecule has 0 bridgehead atoms. The van der Waals surface area contributed by atoms with E-state index in [1.807, 2.05) is 25.1 Å². The summed E-state index contributed by atoms with van der Waals surface area (Å²) in [6, 6.07) is 16.4. The quantitative estimate of drug-likeness (QED) is 0.456. The Labute approximate surface area is 227 Å². The van der Waals surface area contributed by atoms with Gasteiger partial charge in [0.05, 0.1) is 35.5 Å². The van der Waals surface area contributed by atoms with Gasteiger partial charge in [-0.15, -0.1) is 0 Å². The van der Waals surface area contributed by atoms with E-state index in [-0.39, 0.29) is 42.8 Å². The maximum Gasteiger partial charge on any atom is 0.241 e. The van der Waals surface area contributed by atoms with Crippen molar-refractivity contribution in [2.75, 3.05) is 24.7 Å². The lowest BCUT2D eigenvalue weighted by molar-refractivity contribution is -0.140. The van der Waals surface area contributed by atoms with Crippen LogP contribution >= 0.6 is 0 Å². The number of amides is 4. The average molecular weight is 529 g/mol. The van der Waals surface area contributed by atoms with Crippen LogP contribution in [0.5, 0.6) is 5.75 Å². The van der Waals surface area contributed by atoms with Crippen LogP contribution in [-0.4, -0.2) is 53.4 Å². The largest absolute Gasteiger partial charge is 0.491 e. The highest BCUT2D eigenvalue weighted by atomic mass is 16.5. The lowest BCUT2D eigenvalue weighted by Gasteiger charge is -2.49. The fourth-order valence-corrected chi connectivity index (χ4v) is 7.52. The molecule has 1 saturated carbocycles. The Bertz CT molecular complexity index is 1370. The molecule has 2 saturated heterocycles. The number of allylic oxidation sites excluding steroid dienone is 2. The van der Waals surface area contributed by atoms with E-state index < -0.39 is 29.1 Å². The van der Waals surface area contributed by atoms with Crippen LogP contribution in [0.15, 0.2) is 66.2 Å². The lowest BCUT2D eigenvalue weighted by Crippen LogP contribution is -2.48. The third-order valence-corrected chi connectivity index (χ3v) is 9.27. The molecule has 2 heterocycles. The zero-order valence-corrected chi connectivity index (χ0v) is 22.1. The molecule has 6 atom stereocenters. The fraction of sp³-hybridized carbons (Fsp3) is 0.419. The lowest BCUT2D eigenvalue weighted by atomic mass is 9.51. The maximum absolute atomic E-state index is 14.3. The van der Waals surface area contributed by atoms with Gasteiger partial charge in [-0.25, -0.2) is 4.90 Å². The molecular formula is C31H32N2O6. The van der Waals surface area contributed by atoms with Crippen LogP contribution in [0, 0.1) is 29.1 Å². The monoisotopic (exact) mass is 528 g/mol. The second kappa shape index (κ2) is 9.45. The molecule has 202 valence electrons. The van der Waals surface area contributed by atoms with Crippen LogP contribution in [0.1, 0.15) is 38.2 Å². The van der Waals surface area contributed by atoms with Gasteiger partial charge in [0, 0.05) is 12.5 Å². The van der Waals surface area contributed by atoms with Crippen LogP contribution in [0.3, 0.4) is 0 Å². The number of hydrogen-bond donors (Lipinski definition) is 1. The molecule has 3 fully saturated rings. The first-order chi connectivity index (χ1) is 18.8. The molecule has 2 aromatic rings. The topological polar surface area (TPSA) is 104 Å². The van der Waals surface area contributed by atoms with Crippen molar-refractivity contribution in [3.63, 3.8) is 0 Å². The Kier molecular flexibility index (Phi) is 6.18. The molecule has 4 amide bonds. The van der Waals surface area contributed by atoms with Crippen LogP contribution < -0.4 is 9.64 Å². The summed E-state index contributed by atoms with van der Waals surface area (Å²) in [7, 11) is 0. The highest BCUT2D eigenvalue weighted by Gasteiger charge is 2.67. The number of ether oxygens (including phenoxy) is 1. The minimum Gasteiger partial charge on any atom is -0.491 e. The number of carbonyl (C=O) groups excluding carboxylic acids is 4. The predicted molar refractivity (Wildman–Crippen MR) is 142 cm³/mol. The number of aliphatic hydroxyl groups is 1. The van der Waals surface area contributed by atoms with Gasteiger partial charge in [0.1, 0.15) is 12.4 Å². The molecule has 0 radical (unpaired) electrons. The molecule has 0 spiro atoms. The van der Waals surface area contributed by atoms with Gasteiger partial charge in [-0.1, -0.05) is 42.0 Å². The smallest absolute Gasteiger partial charge is 0.241 e. The van der Waals surface area contributed by atoms with Crippen molar-refractivity contribution in [3.8, 4) is 5.75 Å². The van der Waals surface area contributed by atoms with Crippen molar-refractivity contribution in [1.29, 1.82) is 0 Å². The van der Waals surface area contributed by atoms with Crippen molar-refractivity contribution in [1.82, 2.24) is 4.90 Å². The highest BCUT2D eigenvalue weighted by molar-refractivity contribution is 6.24. The molecule has 39 heavy (non-hydrogen) atoms. The molecule has 0 unspecified atom stereocenters. The van der Waals surface area contributed by atoms with Gasteiger partial charge in [-0.3, -0.25) is 24.1 Å². The van der Waals surface area contributed by atoms with E-state index in [9.17, 15) is 19.2 Å². The minimum absolute atomic E-state index is 0.102. The zero-order valence-electron chi connectivity index (χ0n) is 22.1. The van der Waals surface area contributed by atoms with Gasteiger partial charge in [-0.05, 0) is 62.4 Å². The van der Waals surface area contributed by atoms with E-state index in [0.29, 0.717) is 30.8 Å². The van der Waals surface area contributed by atoms with Gasteiger partial charge in [0.15, 0.2) is 0 Å². The van der Waals surface area contributed by atoms with E-state index in [4.69, 9.17) is 9.84 Å². The van der Waals surface area contributed by atoms with E-state index in [1.54, 1.807) is 43.3 Å². The number of nitrogens with zero attached hydrogens (tertiary/aromatic N) is 2. The number of imide groups is 2. The summed E-state index contributed by atoms with van der Waals surface area (Å²) in [5.41, 5.74) is 1.29. The van der Waals surface area contributed by atoms with E-state index in [0.717, 1.165) is 11.1 Å². The van der Waals surface area contributed by atoms with E-state index in [1.165, 1.54) is 9.80 Å². The summed E-state index contributed by atoms with van der Waals surface area (Å²) in [5.74, 6) is -2.57. The summed E-state index contributed by atoms with van der Waals surface area (Å²) in [6.45, 7) is 4.08. The standard InChI is InChI=1S/C31H32N2O6/c1-3-32-27(35)22-14-13-21-23(25(22)29(32)37)17-24-28(36)33(19-7-5-4-6-8-19)30(38)31(24,2)26(21)18-9-11-20(12-10-18)39-16-15-34/h4-13,22-26,34H,3,14-17H2,1-2H3/t22-,23+,24-,25-,26-,31+/m0/s1. The van der Waals surface area contributed by atoms with Crippen LogP contribution in [0.4, 0.5) is 5.69 Å². The number of carbonyl (C=O) groups is 4. The Balaban J connectivity index is 1.48. The Morgan fingerprint density at radius 2 is 1.67 bits per heavy atom. The first kappa shape index (κ1) is 25.5. The predicted octanol–water partition coefficient (Wildman–Crippen LogP) is 3.31. The summed E-state index contributed by atoms with van der Waals surface area (Å²) in [6.07, 6.45) is 2.85. The van der Waals surface area contributed by atoms with E-state index >= 15 is 0 Å². The average Bonchev–Trinajstić information content (AvgIpc) is 3.31. The Hall–Kier alpha value is -3.78. The zero-order chi connectivity index (χ0) is 27.5. The minimum atomic E-state index is -1.06. The van der Waals surface area contributed by atoms with Gasteiger partial charge < -0.3 is 9.84 Å². The summed E-state index contributed by atoms with van der Waals surface area (Å²) < 4.78 is 5.55. The van der Waals surface area contributed by atoms with Crippen molar-refractivity contribution < 1.29 is 29.0 Å². The van der Waals surface area contributed by atoms with Crippen molar-refractivity contribution in [2.45, 2.75) is 32.6 Å². The van der Waals surface area contributed by atoms with Crippen molar-refractivity contribution >= 4 is 29.3 Å². The number of fused-ring (bicyclic) bond motifs is 4. The van der Waals surface area contributed by atoms with Crippen molar-refractivity contribution in [3.05, 3.63) is 71.8 Å². The molecule has 6 rings (SSSR count). The molecule has 2 aliphatic heterocycles. The summed E-state index contributed by atoms with van der Waals surface area (Å²) in [4.78, 5) is 57.6. The summed E-state index contributed by atoms with van der Waals surface area (Å²) in [5, 5.41) is 9.11. The number of para-hydroxylation sites is 1. The van der Waals surface area contributed by atoms with E-state index in [2.05, 4.69) is 6.08 Å². The Morgan fingerprint density at radius 3 is 2.33 bits per heavy atom. The number of hydrogen-bond acceptors (Lipinski definition) is 6. The fourth-order valence-electron chi connectivity index (χ4n) is 7.52. The second-order valence-electron chi connectivity index (χ2n) is 11.1. The third kappa shape index (κ3) is 3.61. The second-order valence-corrected chi connectivity index (χ2v) is 11.1. The molecule has 1 N–H and O–H groups in total. The van der Waals surface area contributed by atoms with Gasteiger partial charge >= 0.3 is 0 Å². The first-order valence-corrected chi connectivity index (χ1v) is 13.6. The van der Waals surface area contributed by atoms with Crippen molar-refractivity contribution in [2.24, 2.45) is 29.1 Å². The van der Waals surface area contributed by atoms with Gasteiger partial charge in [-0.2, -0.15) is 0 Å². The summed E-state index contributed by atoms with van der Waals surface area (Å²) >= 11 is 0. The van der Waals surface area contributed by atoms with Gasteiger partial charge in [0.2, 0.25) is 23.6 Å². The first-order valence-electron chi connectivity index (χ1n) is 13.6. The van der Waals surface area contributed by atoms with Crippen LogP contribution in [0.2, 0.25) is 0 Å².